The van der Waals surface area contributed by atoms with Crippen molar-refractivity contribution in [3.8, 4) is 11.8 Å². The van der Waals surface area contributed by atoms with Crippen molar-refractivity contribution in [1.82, 2.24) is 4.98 Å². The first-order valence-corrected chi connectivity index (χ1v) is 12.1. The number of hydrogen-bond donors (Lipinski definition) is 1. The van der Waals surface area contributed by atoms with Gasteiger partial charge >= 0.3 is 0 Å². The summed E-state index contributed by atoms with van der Waals surface area (Å²) < 4.78 is 5.93. The maximum atomic E-state index is 11.3. The molecule has 1 N–H and O–H groups in total. The van der Waals surface area contributed by atoms with Crippen LogP contribution in [0.4, 0.5) is 0 Å². The van der Waals surface area contributed by atoms with Crippen LogP contribution in [0.3, 0.4) is 0 Å². The molecule has 1 heterocycles. The molecule has 3 nitrogen and oxygen atoms in total. The number of aliphatic hydroxyl groups is 1. The number of aromatic nitrogens is 1. The van der Waals surface area contributed by atoms with Gasteiger partial charge in [0.25, 0.3) is 0 Å². The third-order valence-corrected chi connectivity index (χ3v) is 10.0. The lowest BCUT2D eigenvalue weighted by atomic mass is 9.44. The third-order valence-electron chi connectivity index (χ3n) is 10.0. The largest absolute Gasteiger partial charge is 0.381 e. The number of methoxy groups -OCH3 is 1. The Hall–Kier alpha value is -1.37. The van der Waals surface area contributed by atoms with Crippen molar-refractivity contribution in [3.63, 3.8) is 0 Å². The summed E-state index contributed by atoms with van der Waals surface area (Å²) in [5, 5.41) is 11.3. The van der Waals surface area contributed by atoms with Gasteiger partial charge in [-0.25, -0.2) is 4.98 Å². The number of hydrogen-bond acceptors (Lipinski definition) is 3. The molecule has 4 aliphatic rings. The zero-order valence-electron chi connectivity index (χ0n) is 18.9. The summed E-state index contributed by atoms with van der Waals surface area (Å²) in [6.45, 7) is 5.06. The predicted molar refractivity (Wildman–Crippen MR) is 119 cm³/mol. The van der Waals surface area contributed by atoms with Crippen molar-refractivity contribution in [2.75, 3.05) is 7.11 Å². The summed E-state index contributed by atoms with van der Waals surface area (Å²) >= 11 is 0. The van der Waals surface area contributed by atoms with Crippen molar-refractivity contribution >= 4 is 0 Å². The molecule has 162 valence electrons. The molecule has 0 aromatic carbocycles. The van der Waals surface area contributed by atoms with Crippen LogP contribution in [0.5, 0.6) is 0 Å². The van der Waals surface area contributed by atoms with E-state index in [9.17, 15) is 5.11 Å². The molecule has 4 saturated carbocycles. The Morgan fingerprint density at radius 1 is 1.00 bits per heavy atom. The van der Waals surface area contributed by atoms with Crippen LogP contribution in [0.25, 0.3) is 0 Å². The topological polar surface area (TPSA) is 42.4 Å². The quantitative estimate of drug-likeness (QED) is 0.649. The average molecular weight is 408 g/mol. The lowest BCUT2D eigenvalue weighted by Gasteiger charge is -2.61. The van der Waals surface area contributed by atoms with E-state index in [1.165, 1.54) is 38.5 Å². The molecular weight excluding hydrogens is 370 g/mol. The second-order valence-electron chi connectivity index (χ2n) is 11.2. The van der Waals surface area contributed by atoms with Crippen molar-refractivity contribution in [2.24, 2.45) is 34.5 Å². The zero-order chi connectivity index (χ0) is 21.0. The monoisotopic (exact) mass is 407 g/mol. The number of ether oxygens (including phenoxy) is 1. The summed E-state index contributed by atoms with van der Waals surface area (Å²) in [7, 11) is 1.91. The van der Waals surface area contributed by atoms with Crippen LogP contribution in [-0.2, 0) is 4.74 Å². The molecule has 0 saturated heterocycles. The van der Waals surface area contributed by atoms with Crippen molar-refractivity contribution in [1.29, 1.82) is 0 Å². The molecule has 0 bridgehead atoms. The lowest BCUT2D eigenvalue weighted by Crippen LogP contribution is -2.56. The summed E-state index contributed by atoms with van der Waals surface area (Å²) in [5.74, 6) is 9.41. The van der Waals surface area contributed by atoms with Crippen LogP contribution in [0.15, 0.2) is 24.4 Å². The smallest absolute Gasteiger partial charge is 0.126 e. The number of rotatable bonds is 1. The predicted octanol–water partition coefficient (Wildman–Crippen LogP) is 5.22. The average Bonchev–Trinajstić information content (AvgIpc) is 3.10. The molecule has 1 aromatic heterocycles. The second kappa shape index (κ2) is 7.35. The minimum Gasteiger partial charge on any atom is -0.381 e. The van der Waals surface area contributed by atoms with Crippen LogP contribution in [0.2, 0.25) is 0 Å². The second-order valence-corrected chi connectivity index (χ2v) is 11.2. The highest BCUT2D eigenvalue weighted by Crippen LogP contribution is 2.67. The van der Waals surface area contributed by atoms with E-state index in [-0.39, 0.29) is 0 Å². The van der Waals surface area contributed by atoms with Gasteiger partial charge in [0, 0.05) is 13.3 Å². The Labute approximate surface area is 182 Å². The van der Waals surface area contributed by atoms with Gasteiger partial charge in [0.2, 0.25) is 0 Å². The lowest BCUT2D eigenvalue weighted by molar-refractivity contribution is -0.146. The van der Waals surface area contributed by atoms with E-state index < -0.39 is 5.60 Å². The first-order valence-electron chi connectivity index (χ1n) is 12.1. The van der Waals surface area contributed by atoms with E-state index in [1.807, 2.05) is 25.3 Å². The van der Waals surface area contributed by atoms with E-state index in [4.69, 9.17) is 4.74 Å². The fraction of sp³-hybridized carbons (Fsp3) is 0.741. The van der Waals surface area contributed by atoms with Crippen LogP contribution < -0.4 is 0 Å². The normalized spacial score (nSPS) is 47.4. The van der Waals surface area contributed by atoms with Crippen molar-refractivity contribution in [3.05, 3.63) is 30.1 Å². The van der Waals surface area contributed by atoms with Gasteiger partial charge in [-0.3, -0.25) is 0 Å². The van der Waals surface area contributed by atoms with Gasteiger partial charge < -0.3 is 9.84 Å². The molecule has 30 heavy (non-hydrogen) atoms. The molecule has 3 unspecified atom stereocenters. The Morgan fingerprint density at radius 3 is 2.60 bits per heavy atom. The third kappa shape index (κ3) is 3.14. The van der Waals surface area contributed by atoms with Gasteiger partial charge in [-0.1, -0.05) is 25.8 Å². The summed E-state index contributed by atoms with van der Waals surface area (Å²) in [6.07, 6.45) is 12.7. The highest BCUT2D eigenvalue weighted by atomic mass is 16.5. The van der Waals surface area contributed by atoms with E-state index >= 15 is 0 Å². The molecule has 5 rings (SSSR count). The van der Waals surface area contributed by atoms with Crippen LogP contribution in [0, 0.1) is 46.3 Å². The van der Waals surface area contributed by atoms with Crippen LogP contribution >= 0.6 is 0 Å². The molecule has 0 aliphatic heterocycles. The minimum absolute atomic E-state index is 0.355. The standard InChI is InChI=1S/C27H37NO2/c1-25-15-16-27(29,14-11-20-6-4-5-17-28-20)18-19(25)7-8-21-22-9-10-24(30-3)26(22,2)13-12-23(21)25/h4-6,17,19,21-24,29H,7-10,12-13,15-16,18H2,1-3H3/t19?,21-,22-,23+,24?,25-,26-,27?/m0/s1. The maximum absolute atomic E-state index is 11.3. The van der Waals surface area contributed by atoms with E-state index in [1.54, 1.807) is 6.20 Å². The molecule has 1 aromatic rings. The first kappa shape index (κ1) is 20.5. The molecule has 8 atom stereocenters. The molecular formula is C27H37NO2. The Balaban J connectivity index is 1.35. The summed E-state index contributed by atoms with van der Waals surface area (Å²) in [6, 6.07) is 5.77. The Morgan fingerprint density at radius 2 is 1.83 bits per heavy atom. The van der Waals surface area contributed by atoms with E-state index in [0.29, 0.717) is 22.9 Å². The van der Waals surface area contributed by atoms with E-state index in [2.05, 4.69) is 30.7 Å². The van der Waals surface area contributed by atoms with Gasteiger partial charge in [0.15, 0.2) is 0 Å². The molecule has 0 spiro atoms. The van der Waals surface area contributed by atoms with E-state index in [0.717, 1.165) is 42.7 Å². The van der Waals surface area contributed by atoms with Gasteiger partial charge in [-0.2, -0.15) is 0 Å². The summed E-state index contributed by atoms with van der Waals surface area (Å²) in [4.78, 5) is 4.30. The Kier molecular flexibility index (Phi) is 5.03. The number of pyridine rings is 1. The van der Waals surface area contributed by atoms with Gasteiger partial charge in [0.1, 0.15) is 11.3 Å². The minimum atomic E-state index is -0.855. The first-order chi connectivity index (χ1) is 14.4. The summed E-state index contributed by atoms with van der Waals surface area (Å²) in [5.41, 5.74) is 0.631. The zero-order valence-corrected chi connectivity index (χ0v) is 18.9. The maximum Gasteiger partial charge on any atom is 0.126 e. The highest BCUT2D eigenvalue weighted by Gasteiger charge is 2.61. The highest BCUT2D eigenvalue weighted by molar-refractivity contribution is 5.31. The van der Waals surface area contributed by atoms with Gasteiger partial charge in [0.05, 0.1) is 6.10 Å². The SMILES string of the molecule is COC1CC[C@H]2[C@@H]3CCC4CC(O)(C#Cc5ccccn5)CC[C@]4(C)[C@@H]3CC[C@]12C. The molecule has 4 aliphatic carbocycles. The van der Waals surface area contributed by atoms with Crippen LogP contribution in [-0.4, -0.2) is 28.9 Å². The van der Waals surface area contributed by atoms with Gasteiger partial charge in [-0.05, 0) is 110 Å². The number of nitrogens with zero attached hydrogens (tertiary/aromatic N) is 1. The molecule has 4 fully saturated rings. The fourth-order valence-corrected chi connectivity index (χ4v) is 8.32. The van der Waals surface area contributed by atoms with Crippen molar-refractivity contribution in [2.45, 2.75) is 83.3 Å². The molecule has 0 radical (unpaired) electrons. The van der Waals surface area contributed by atoms with Crippen molar-refractivity contribution < 1.29 is 9.84 Å². The van der Waals surface area contributed by atoms with Crippen LogP contribution in [0.1, 0.15) is 77.3 Å². The fourth-order valence-electron chi connectivity index (χ4n) is 8.32. The Bertz CT molecular complexity index is 843. The van der Waals surface area contributed by atoms with Gasteiger partial charge in [-0.15, -0.1) is 0 Å². The number of fused-ring (bicyclic) bond motifs is 5. The molecule has 0 amide bonds. The molecule has 3 heteroatoms.